The van der Waals surface area contributed by atoms with Gasteiger partial charge in [-0.1, -0.05) is 0 Å². The number of aromatic nitrogens is 4. The summed E-state index contributed by atoms with van der Waals surface area (Å²) in [4.78, 5) is 19.2. The number of benzene rings is 2. The van der Waals surface area contributed by atoms with Crippen LogP contribution in [0.1, 0.15) is 18.4 Å². The number of H-pyrrole nitrogens is 1. The molecular weight excluding hydrogens is 498 g/mol. The van der Waals surface area contributed by atoms with Crippen LogP contribution in [0.5, 0.6) is 11.5 Å². The molecule has 2 aromatic heterocycles. The third kappa shape index (κ3) is 5.30. The molecule has 2 aromatic carbocycles. The summed E-state index contributed by atoms with van der Waals surface area (Å²) in [6.45, 7) is 4.35. The van der Waals surface area contributed by atoms with Crippen LogP contribution >= 0.6 is 0 Å². The van der Waals surface area contributed by atoms with E-state index >= 15 is 0 Å². The summed E-state index contributed by atoms with van der Waals surface area (Å²) in [5.74, 6) is 1.71. The number of nitrogens with zero attached hydrogens (tertiary/aromatic N) is 5. The highest BCUT2D eigenvalue weighted by atomic mass is 16.5. The van der Waals surface area contributed by atoms with Crippen molar-refractivity contribution in [2.75, 3.05) is 56.8 Å². The van der Waals surface area contributed by atoms with Crippen LogP contribution in [-0.2, 0) is 9.47 Å². The van der Waals surface area contributed by atoms with Crippen molar-refractivity contribution in [1.82, 2.24) is 19.9 Å². The Morgan fingerprint density at radius 2 is 1.85 bits per heavy atom. The topological polar surface area (TPSA) is 130 Å². The molecule has 2 fully saturated rings. The number of hydrogen-bond acceptors (Lipinski definition) is 10. The third-order valence-corrected chi connectivity index (χ3v) is 6.90. The second-order valence-electron chi connectivity index (χ2n) is 9.36. The molecule has 11 heteroatoms. The van der Waals surface area contributed by atoms with Gasteiger partial charge >= 0.3 is 0 Å². The summed E-state index contributed by atoms with van der Waals surface area (Å²) in [5, 5.41) is 13.2. The van der Waals surface area contributed by atoms with Crippen molar-refractivity contribution >= 4 is 28.5 Å². The highest BCUT2D eigenvalue weighted by Gasteiger charge is 2.20. The fourth-order valence-corrected chi connectivity index (χ4v) is 4.88. The van der Waals surface area contributed by atoms with E-state index in [2.05, 4.69) is 31.2 Å². The molecule has 4 heterocycles. The first-order chi connectivity index (χ1) is 19.2. The van der Waals surface area contributed by atoms with E-state index in [-0.39, 0.29) is 6.10 Å². The van der Waals surface area contributed by atoms with Gasteiger partial charge in [-0.3, -0.25) is 0 Å². The van der Waals surface area contributed by atoms with Gasteiger partial charge < -0.3 is 34.1 Å². The number of methoxy groups -OCH3 is 1. The SMILES string of the molecule is COc1cc(Nc2nc(-c3ccc(OC4CCOCC4)c(C#N)c3)c3nc[nH]c3n2)ccc1N1CCOCC1. The van der Waals surface area contributed by atoms with Gasteiger partial charge in [0.2, 0.25) is 5.95 Å². The zero-order valence-electron chi connectivity index (χ0n) is 21.6. The standard InChI is InChI=1S/C28H29N7O4/c1-36-24-15-20(3-4-22(24)35-8-12-38-13-9-35)32-28-33-25(26-27(34-28)31-17-30-26)18-2-5-23(19(14-18)16-29)39-21-6-10-37-11-7-21/h2-5,14-15,17,21H,6-13H2,1H3,(H2,30,31,32,33,34). The van der Waals surface area contributed by atoms with Gasteiger partial charge in [-0.05, 0) is 30.3 Å². The van der Waals surface area contributed by atoms with E-state index < -0.39 is 0 Å². The Bertz CT molecular complexity index is 1500. The number of hydrogen-bond donors (Lipinski definition) is 2. The van der Waals surface area contributed by atoms with Gasteiger partial charge in [-0.2, -0.15) is 10.2 Å². The molecule has 0 spiro atoms. The van der Waals surface area contributed by atoms with Crippen LogP contribution in [0.15, 0.2) is 42.7 Å². The van der Waals surface area contributed by atoms with Gasteiger partial charge in [0.25, 0.3) is 0 Å². The lowest BCUT2D eigenvalue weighted by atomic mass is 10.1. The average molecular weight is 528 g/mol. The number of anilines is 3. The van der Waals surface area contributed by atoms with Crippen LogP contribution in [0.25, 0.3) is 22.4 Å². The maximum Gasteiger partial charge on any atom is 0.229 e. The molecule has 2 aliphatic heterocycles. The molecule has 0 amide bonds. The minimum atomic E-state index is 0.0382. The number of nitriles is 1. The Hall–Kier alpha value is -4.40. The predicted octanol–water partition coefficient (Wildman–Crippen LogP) is 4.04. The maximum absolute atomic E-state index is 9.86. The van der Waals surface area contributed by atoms with Crippen LogP contribution in [-0.4, -0.2) is 72.7 Å². The molecule has 2 N–H and O–H groups in total. The summed E-state index contributed by atoms with van der Waals surface area (Å²) >= 11 is 0. The lowest BCUT2D eigenvalue weighted by Gasteiger charge is -2.30. The third-order valence-electron chi connectivity index (χ3n) is 6.90. The number of rotatable bonds is 7. The van der Waals surface area contributed by atoms with Crippen molar-refractivity contribution in [1.29, 1.82) is 5.26 Å². The Balaban J connectivity index is 1.30. The van der Waals surface area contributed by atoms with E-state index in [0.717, 1.165) is 48.6 Å². The minimum absolute atomic E-state index is 0.0382. The molecule has 0 unspecified atom stereocenters. The molecular formula is C28H29N7O4. The van der Waals surface area contributed by atoms with Crippen molar-refractivity contribution in [3.05, 3.63) is 48.3 Å². The van der Waals surface area contributed by atoms with Gasteiger partial charge in [0.15, 0.2) is 5.65 Å². The van der Waals surface area contributed by atoms with Gasteiger partial charge in [0.1, 0.15) is 34.9 Å². The number of aromatic amines is 1. The number of morpholine rings is 1. The molecule has 6 rings (SSSR count). The molecule has 2 aliphatic rings. The Labute approximate surface area is 225 Å². The average Bonchev–Trinajstić information content (AvgIpc) is 3.47. The molecule has 4 aromatic rings. The van der Waals surface area contributed by atoms with Crippen molar-refractivity contribution in [2.24, 2.45) is 0 Å². The quantitative estimate of drug-likeness (QED) is 0.363. The summed E-state index contributed by atoms with van der Waals surface area (Å²) in [7, 11) is 1.66. The molecule has 0 saturated carbocycles. The number of fused-ring (bicyclic) bond motifs is 1. The van der Waals surface area contributed by atoms with E-state index in [9.17, 15) is 5.26 Å². The molecule has 0 aliphatic carbocycles. The van der Waals surface area contributed by atoms with Crippen LogP contribution in [0.4, 0.5) is 17.3 Å². The van der Waals surface area contributed by atoms with Crippen LogP contribution in [0.2, 0.25) is 0 Å². The molecule has 200 valence electrons. The van der Waals surface area contributed by atoms with Crippen molar-refractivity contribution < 1.29 is 18.9 Å². The van der Waals surface area contributed by atoms with E-state index in [1.54, 1.807) is 19.5 Å². The van der Waals surface area contributed by atoms with Gasteiger partial charge in [0, 0.05) is 43.2 Å². The zero-order valence-corrected chi connectivity index (χ0v) is 21.6. The Morgan fingerprint density at radius 1 is 1.03 bits per heavy atom. The van der Waals surface area contributed by atoms with Gasteiger partial charge in [-0.25, -0.2) is 9.97 Å². The summed E-state index contributed by atoms with van der Waals surface area (Å²) < 4.78 is 22.7. The van der Waals surface area contributed by atoms with E-state index in [1.165, 1.54) is 0 Å². The number of ether oxygens (including phenoxy) is 4. The molecule has 0 atom stereocenters. The fraction of sp³-hybridized carbons (Fsp3) is 0.357. The Morgan fingerprint density at radius 3 is 2.64 bits per heavy atom. The van der Waals surface area contributed by atoms with Crippen LogP contribution < -0.4 is 19.7 Å². The highest BCUT2D eigenvalue weighted by Crippen LogP contribution is 2.34. The molecule has 0 radical (unpaired) electrons. The minimum Gasteiger partial charge on any atom is -0.495 e. The Kier molecular flexibility index (Phi) is 7.12. The second kappa shape index (κ2) is 11.1. The van der Waals surface area contributed by atoms with E-state index in [0.29, 0.717) is 60.5 Å². The molecule has 11 nitrogen and oxygen atoms in total. The summed E-state index contributed by atoms with van der Waals surface area (Å²) in [6.07, 6.45) is 3.23. The highest BCUT2D eigenvalue weighted by molar-refractivity contribution is 5.89. The van der Waals surface area contributed by atoms with Crippen LogP contribution in [0, 0.1) is 11.3 Å². The smallest absolute Gasteiger partial charge is 0.229 e. The first kappa shape index (κ1) is 24.9. The molecule has 39 heavy (non-hydrogen) atoms. The van der Waals surface area contributed by atoms with E-state index in [1.807, 2.05) is 30.3 Å². The predicted molar refractivity (Wildman–Crippen MR) is 146 cm³/mol. The van der Waals surface area contributed by atoms with Gasteiger partial charge in [0.05, 0.1) is 51.1 Å². The van der Waals surface area contributed by atoms with Crippen LogP contribution in [0.3, 0.4) is 0 Å². The first-order valence-electron chi connectivity index (χ1n) is 13.0. The summed E-state index contributed by atoms with van der Waals surface area (Å²) in [5.41, 5.74) is 4.79. The lowest BCUT2D eigenvalue weighted by Crippen LogP contribution is -2.36. The number of imidazole rings is 1. The van der Waals surface area contributed by atoms with E-state index in [4.69, 9.17) is 23.9 Å². The maximum atomic E-state index is 9.86. The van der Waals surface area contributed by atoms with Crippen molar-refractivity contribution in [3.8, 4) is 28.8 Å². The summed E-state index contributed by atoms with van der Waals surface area (Å²) in [6, 6.07) is 13.7. The second-order valence-corrected chi connectivity index (χ2v) is 9.36. The first-order valence-corrected chi connectivity index (χ1v) is 13.0. The number of nitrogens with one attached hydrogen (secondary N) is 2. The molecule has 0 bridgehead atoms. The normalized spacial score (nSPS) is 16.2. The van der Waals surface area contributed by atoms with Crippen molar-refractivity contribution in [3.63, 3.8) is 0 Å². The fourth-order valence-electron chi connectivity index (χ4n) is 4.88. The lowest BCUT2D eigenvalue weighted by molar-refractivity contribution is 0.0254. The monoisotopic (exact) mass is 527 g/mol. The van der Waals surface area contributed by atoms with Crippen molar-refractivity contribution in [2.45, 2.75) is 18.9 Å². The van der Waals surface area contributed by atoms with Gasteiger partial charge in [-0.15, -0.1) is 0 Å². The molecule has 2 saturated heterocycles. The zero-order chi connectivity index (χ0) is 26.6. The largest absolute Gasteiger partial charge is 0.495 e.